The summed E-state index contributed by atoms with van der Waals surface area (Å²) in [6.07, 6.45) is 6.22. The van der Waals surface area contributed by atoms with Crippen LogP contribution in [0.25, 0.3) is 0 Å². The van der Waals surface area contributed by atoms with Gasteiger partial charge in [-0.05, 0) is 18.8 Å². The second kappa shape index (κ2) is 6.53. The molecule has 0 aliphatic heterocycles. The zero-order chi connectivity index (χ0) is 14.5. The number of hydrogen-bond donors (Lipinski definition) is 1. The van der Waals surface area contributed by atoms with E-state index in [2.05, 4.69) is 11.9 Å². The zero-order valence-electron chi connectivity index (χ0n) is 11.6. The number of nitrogens with one attached hydrogen (secondary N) is 1. The van der Waals surface area contributed by atoms with Gasteiger partial charge in [0.15, 0.2) is 0 Å². The van der Waals surface area contributed by atoms with Gasteiger partial charge < -0.3 is 4.74 Å². The van der Waals surface area contributed by atoms with Crippen molar-refractivity contribution >= 4 is 0 Å². The Morgan fingerprint density at radius 2 is 2.20 bits per heavy atom. The van der Waals surface area contributed by atoms with E-state index >= 15 is 0 Å². The number of ether oxygens (including phenoxy) is 1. The first-order chi connectivity index (χ1) is 9.61. The molecule has 0 amide bonds. The Morgan fingerprint density at radius 1 is 1.45 bits per heavy atom. The zero-order valence-corrected chi connectivity index (χ0v) is 11.6. The monoisotopic (exact) mass is 277 g/mol. The van der Waals surface area contributed by atoms with Gasteiger partial charge in [-0.3, -0.25) is 14.3 Å². The lowest BCUT2D eigenvalue weighted by molar-refractivity contribution is -0.00874. The summed E-state index contributed by atoms with van der Waals surface area (Å²) >= 11 is 0. The summed E-state index contributed by atoms with van der Waals surface area (Å²) in [6, 6.07) is 1.77. The van der Waals surface area contributed by atoms with Crippen molar-refractivity contribution in [2.75, 3.05) is 6.61 Å². The molecule has 6 nitrogen and oxygen atoms in total. The molecule has 1 fully saturated rings. The third-order valence-corrected chi connectivity index (χ3v) is 3.83. The van der Waals surface area contributed by atoms with Crippen LogP contribution in [0.3, 0.4) is 0 Å². The van der Waals surface area contributed by atoms with Crippen LogP contribution >= 0.6 is 0 Å². The predicted octanol–water partition coefficient (Wildman–Crippen LogP) is 1.00. The summed E-state index contributed by atoms with van der Waals surface area (Å²) in [5, 5.41) is 8.78. The van der Waals surface area contributed by atoms with Gasteiger partial charge in [0.2, 0.25) is 0 Å². The van der Waals surface area contributed by atoms with Gasteiger partial charge in [0, 0.05) is 6.20 Å². The summed E-state index contributed by atoms with van der Waals surface area (Å²) < 4.78 is 7.14. The van der Waals surface area contributed by atoms with E-state index in [0.29, 0.717) is 19.1 Å². The second-order valence-corrected chi connectivity index (χ2v) is 5.28. The van der Waals surface area contributed by atoms with Crippen molar-refractivity contribution in [3.63, 3.8) is 0 Å². The lowest BCUT2D eigenvalue weighted by Gasteiger charge is -2.28. The van der Waals surface area contributed by atoms with Crippen LogP contribution in [0.4, 0.5) is 0 Å². The van der Waals surface area contributed by atoms with E-state index in [9.17, 15) is 9.59 Å². The van der Waals surface area contributed by atoms with Crippen molar-refractivity contribution in [3.05, 3.63) is 32.6 Å². The maximum absolute atomic E-state index is 11.6. The van der Waals surface area contributed by atoms with Crippen LogP contribution in [0.5, 0.6) is 0 Å². The van der Waals surface area contributed by atoms with Crippen molar-refractivity contribution in [2.45, 2.75) is 45.3 Å². The summed E-state index contributed by atoms with van der Waals surface area (Å²) in [4.78, 5) is 25.0. The molecule has 1 heterocycles. The lowest BCUT2D eigenvalue weighted by atomic mass is 9.88. The fourth-order valence-electron chi connectivity index (χ4n) is 2.59. The maximum atomic E-state index is 11.6. The number of nitrogens with zero attached hydrogens (tertiary/aromatic N) is 2. The van der Waals surface area contributed by atoms with Crippen LogP contribution < -0.4 is 11.2 Å². The van der Waals surface area contributed by atoms with Gasteiger partial charge in [0.05, 0.1) is 19.3 Å². The van der Waals surface area contributed by atoms with Crippen molar-refractivity contribution in [1.82, 2.24) is 9.55 Å². The molecule has 0 radical (unpaired) electrons. The molecule has 0 bridgehead atoms. The van der Waals surface area contributed by atoms with E-state index in [1.54, 1.807) is 6.07 Å². The quantitative estimate of drug-likeness (QED) is 0.889. The highest BCUT2D eigenvalue weighted by molar-refractivity contribution is 5.21. The highest BCUT2D eigenvalue weighted by atomic mass is 16.5. The molecular weight excluding hydrogens is 258 g/mol. The number of H-pyrrole nitrogens is 1. The third-order valence-electron chi connectivity index (χ3n) is 3.83. The van der Waals surface area contributed by atoms with Crippen LogP contribution in [0.2, 0.25) is 0 Å². The second-order valence-electron chi connectivity index (χ2n) is 5.28. The van der Waals surface area contributed by atoms with E-state index < -0.39 is 11.2 Å². The molecule has 1 aromatic rings. The molecule has 2 atom stereocenters. The van der Waals surface area contributed by atoms with Gasteiger partial charge in [-0.1, -0.05) is 19.8 Å². The molecule has 6 heteroatoms. The molecule has 0 unspecified atom stereocenters. The highest BCUT2D eigenvalue weighted by Crippen LogP contribution is 2.26. The molecule has 20 heavy (non-hydrogen) atoms. The van der Waals surface area contributed by atoms with E-state index in [-0.39, 0.29) is 11.7 Å². The largest absolute Gasteiger partial charge is 0.376 e. The number of aromatic amines is 1. The number of hydrogen-bond acceptors (Lipinski definition) is 4. The topological polar surface area (TPSA) is 87.9 Å². The average molecular weight is 277 g/mol. The fraction of sp³-hybridized carbons (Fsp3) is 0.643. The lowest BCUT2D eigenvalue weighted by Crippen LogP contribution is -2.33. The third kappa shape index (κ3) is 3.36. The Kier molecular flexibility index (Phi) is 4.74. The number of rotatable bonds is 4. The van der Waals surface area contributed by atoms with Crippen LogP contribution in [0.1, 0.15) is 38.2 Å². The van der Waals surface area contributed by atoms with E-state index in [4.69, 9.17) is 10.00 Å². The Balaban J connectivity index is 1.96. The van der Waals surface area contributed by atoms with Crippen molar-refractivity contribution in [1.29, 1.82) is 5.26 Å². The Morgan fingerprint density at radius 3 is 2.90 bits per heavy atom. The molecule has 0 saturated heterocycles. The minimum Gasteiger partial charge on any atom is -0.376 e. The Bertz CT molecular complexity index is 611. The van der Waals surface area contributed by atoms with Gasteiger partial charge in [-0.25, -0.2) is 4.79 Å². The summed E-state index contributed by atoms with van der Waals surface area (Å²) in [6.45, 7) is 2.93. The molecule has 1 N–H and O–H groups in total. The standard InChI is InChI=1S/C14H19N3O3/c1-10-4-2-3-5-12(10)20-7-6-17-9-11(8-15)13(18)16-14(17)19/h9-10,12H,2-7H2,1H3,(H,16,18,19)/t10-,12+/m0/s1. The molecule has 108 valence electrons. The van der Waals surface area contributed by atoms with Gasteiger partial charge in [0.1, 0.15) is 11.6 Å². The molecule has 0 aromatic carbocycles. The molecule has 1 aliphatic carbocycles. The summed E-state index contributed by atoms with van der Waals surface area (Å²) in [5.74, 6) is 0.547. The van der Waals surface area contributed by atoms with Crippen LogP contribution in [-0.4, -0.2) is 22.3 Å². The molecule has 1 aromatic heterocycles. The van der Waals surface area contributed by atoms with E-state index in [1.165, 1.54) is 30.0 Å². The van der Waals surface area contributed by atoms with Crippen molar-refractivity contribution in [2.24, 2.45) is 5.92 Å². The van der Waals surface area contributed by atoms with Crippen LogP contribution in [0.15, 0.2) is 15.8 Å². The highest BCUT2D eigenvalue weighted by Gasteiger charge is 2.21. The first-order valence-electron chi connectivity index (χ1n) is 6.97. The first-order valence-corrected chi connectivity index (χ1v) is 6.97. The van der Waals surface area contributed by atoms with Gasteiger partial charge >= 0.3 is 5.69 Å². The molecule has 0 spiro atoms. The van der Waals surface area contributed by atoms with Crippen LogP contribution in [0, 0.1) is 17.2 Å². The predicted molar refractivity (Wildman–Crippen MR) is 73.4 cm³/mol. The minimum absolute atomic E-state index is 0.0596. The van der Waals surface area contributed by atoms with Gasteiger partial charge in [0.25, 0.3) is 5.56 Å². The fourth-order valence-corrected chi connectivity index (χ4v) is 2.59. The van der Waals surface area contributed by atoms with Crippen LogP contribution in [-0.2, 0) is 11.3 Å². The molecular formula is C14H19N3O3. The van der Waals surface area contributed by atoms with E-state index in [0.717, 1.165) is 6.42 Å². The summed E-state index contributed by atoms with van der Waals surface area (Å²) in [7, 11) is 0. The van der Waals surface area contributed by atoms with Crippen molar-refractivity contribution in [3.8, 4) is 6.07 Å². The molecule has 1 aliphatic rings. The Labute approximate surface area is 117 Å². The van der Waals surface area contributed by atoms with Crippen molar-refractivity contribution < 1.29 is 4.74 Å². The van der Waals surface area contributed by atoms with Gasteiger partial charge in [-0.15, -0.1) is 0 Å². The van der Waals surface area contributed by atoms with E-state index in [1.807, 2.05) is 0 Å². The number of nitriles is 1. The summed E-state index contributed by atoms with van der Waals surface area (Å²) in [5.41, 5.74) is -1.21. The van der Waals surface area contributed by atoms with Gasteiger partial charge in [-0.2, -0.15) is 5.26 Å². The minimum atomic E-state index is -0.643. The molecule has 1 saturated carbocycles. The maximum Gasteiger partial charge on any atom is 0.328 e. The average Bonchev–Trinajstić information content (AvgIpc) is 2.43. The Hall–Kier alpha value is -1.87. The first kappa shape index (κ1) is 14.5. The SMILES string of the molecule is C[C@H]1CCCC[C@H]1OCCn1cc(C#N)c(=O)[nH]c1=O. The normalized spacial score (nSPS) is 22.4. The number of aromatic nitrogens is 2. The molecule has 2 rings (SSSR count). The smallest absolute Gasteiger partial charge is 0.328 e.